The molecular weight excluding hydrogens is 546 g/mol. The highest BCUT2D eigenvalue weighted by Crippen LogP contribution is 2.57. The van der Waals surface area contributed by atoms with E-state index in [0.29, 0.717) is 27.4 Å². The summed E-state index contributed by atoms with van der Waals surface area (Å²) in [5.41, 5.74) is -0.892. The Morgan fingerprint density at radius 3 is 2.46 bits per heavy atom. The molecule has 2 atom stereocenters. The van der Waals surface area contributed by atoms with Crippen LogP contribution in [0.5, 0.6) is 5.75 Å². The Labute approximate surface area is 233 Å². The van der Waals surface area contributed by atoms with Crippen molar-refractivity contribution in [2.75, 3.05) is 5.32 Å². The Balaban J connectivity index is 1.85. The topological polar surface area (TPSA) is 105 Å². The molecule has 0 aromatic heterocycles. The Kier molecular flexibility index (Phi) is 6.44. The van der Waals surface area contributed by atoms with Crippen LogP contribution in [0, 0.1) is 12.7 Å². The standard InChI is InChI=1S/C29H23Cl2FN2O5/c1-14-4-7-17(32)12-18(14)25-29(20-8-5-16(31)11-22(20)33-26(29)36)21(13-24(35)34-25)19-10-15(30)6-9-23(19)39-28(2,3)27(37)38/h4-13,25H,1-3H3,(H,33,36)(H,34,35)(H,37,38)/t25-,29+/m0/s1. The van der Waals surface area contributed by atoms with Crippen molar-refractivity contribution in [3.8, 4) is 5.75 Å². The van der Waals surface area contributed by atoms with Crippen LogP contribution in [-0.2, 0) is 19.8 Å². The molecule has 0 aliphatic carbocycles. The number of benzene rings is 3. The highest BCUT2D eigenvalue weighted by Gasteiger charge is 2.59. The van der Waals surface area contributed by atoms with Crippen molar-refractivity contribution in [1.82, 2.24) is 5.32 Å². The molecular formula is C29H23Cl2FN2O5. The van der Waals surface area contributed by atoms with Gasteiger partial charge >= 0.3 is 5.97 Å². The predicted octanol–water partition coefficient (Wildman–Crippen LogP) is 5.83. The normalized spacial score (nSPS) is 20.3. The molecule has 1 spiro atoms. The lowest BCUT2D eigenvalue weighted by Crippen LogP contribution is -2.52. The maximum Gasteiger partial charge on any atom is 0.347 e. The van der Waals surface area contributed by atoms with Gasteiger partial charge in [0.25, 0.3) is 0 Å². The van der Waals surface area contributed by atoms with E-state index >= 15 is 0 Å². The number of hydrogen-bond acceptors (Lipinski definition) is 4. The summed E-state index contributed by atoms with van der Waals surface area (Å²) >= 11 is 12.6. The van der Waals surface area contributed by atoms with Crippen molar-refractivity contribution in [3.05, 3.63) is 98.8 Å². The van der Waals surface area contributed by atoms with Crippen LogP contribution >= 0.6 is 23.2 Å². The number of carbonyl (C=O) groups is 3. The molecule has 5 rings (SSSR count). The minimum atomic E-state index is -1.66. The van der Waals surface area contributed by atoms with Gasteiger partial charge in [-0.25, -0.2) is 9.18 Å². The van der Waals surface area contributed by atoms with Gasteiger partial charge in [-0.2, -0.15) is 0 Å². The number of hydrogen-bond donors (Lipinski definition) is 3. The van der Waals surface area contributed by atoms with E-state index in [1.165, 1.54) is 50.3 Å². The van der Waals surface area contributed by atoms with Gasteiger partial charge in [0.2, 0.25) is 11.8 Å². The zero-order valence-corrected chi connectivity index (χ0v) is 22.6. The number of carbonyl (C=O) groups excluding carboxylic acids is 2. The van der Waals surface area contributed by atoms with Gasteiger partial charge in [-0.1, -0.05) is 35.3 Å². The fourth-order valence-electron chi connectivity index (χ4n) is 5.20. The monoisotopic (exact) mass is 568 g/mol. The summed E-state index contributed by atoms with van der Waals surface area (Å²) in [7, 11) is 0. The summed E-state index contributed by atoms with van der Waals surface area (Å²) in [5, 5.41) is 16.1. The highest BCUT2D eigenvalue weighted by molar-refractivity contribution is 6.32. The van der Waals surface area contributed by atoms with Gasteiger partial charge in [0.05, 0.1) is 6.04 Å². The quantitative estimate of drug-likeness (QED) is 0.359. The minimum Gasteiger partial charge on any atom is -0.478 e. The SMILES string of the molecule is Cc1ccc(F)cc1[C@@H]1NC(=O)C=C(c2cc(Cl)ccc2OC(C)(C)C(=O)O)[C@@]12C(=O)Nc1cc(Cl)ccc12. The van der Waals surface area contributed by atoms with Gasteiger partial charge in [0, 0.05) is 27.4 Å². The molecule has 0 saturated carbocycles. The van der Waals surface area contributed by atoms with Crippen molar-refractivity contribution in [2.24, 2.45) is 0 Å². The van der Waals surface area contributed by atoms with Crippen molar-refractivity contribution in [1.29, 1.82) is 0 Å². The number of anilines is 1. The Hall–Kier alpha value is -3.88. The minimum absolute atomic E-state index is 0.0945. The van der Waals surface area contributed by atoms with Gasteiger partial charge in [-0.05, 0) is 85.5 Å². The van der Waals surface area contributed by atoms with Gasteiger partial charge in [-0.15, -0.1) is 0 Å². The maximum absolute atomic E-state index is 14.6. The second kappa shape index (κ2) is 9.39. The number of amides is 2. The van der Waals surface area contributed by atoms with Crippen LogP contribution in [0.2, 0.25) is 10.0 Å². The van der Waals surface area contributed by atoms with Crippen LogP contribution in [0.3, 0.4) is 0 Å². The number of carboxylic acids is 1. The Morgan fingerprint density at radius 1 is 1.05 bits per heavy atom. The van der Waals surface area contributed by atoms with Crippen LogP contribution in [0.4, 0.5) is 10.1 Å². The summed E-state index contributed by atoms with van der Waals surface area (Å²) in [6.07, 6.45) is 1.26. The summed E-state index contributed by atoms with van der Waals surface area (Å²) in [4.78, 5) is 39.3. The molecule has 7 nitrogen and oxygen atoms in total. The van der Waals surface area contributed by atoms with E-state index in [1.807, 2.05) is 0 Å². The molecule has 3 aromatic carbocycles. The molecule has 10 heteroatoms. The molecule has 2 aliphatic heterocycles. The van der Waals surface area contributed by atoms with E-state index in [0.717, 1.165) is 0 Å². The van der Waals surface area contributed by atoms with E-state index in [9.17, 15) is 23.9 Å². The number of aryl methyl sites for hydroxylation is 1. The fraction of sp³-hybridized carbons (Fsp3) is 0.207. The third-order valence-electron chi connectivity index (χ3n) is 7.10. The largest absolute Gasteiger partial charge is 0.478 e. The Bertz CT molecular complexity index is 1600. The zero-order chi connectivity index (χ0) is 28.3. The molecule has 0 fully saturated rings. The van der Waals surface area contributed by atoms with Crippen LogP contribution in [0.15, 0.2) is 60.7 Å². The molecule has 3 aromatic rings. The van der Waals surface area contributed by atoms with Crippen molar-refractivity contribution < 1.29 is 28.6 Å². The summed E-state index contributed by atoms with van der Waals surface area (Å²) in [6.45, 7) is 4.51. The van der Waals surface area contributed by atoms with Crippen molar-refractivity contribution >= 4 is 52.2 Å². The lowest BCUT2D eigenvalue weighted by molar-refractivity contribution is -0.152. The number of nitrogens with one attached hydrogen (secondary N) is 2. The van der Waals surface area contributed by atoms with E-state index in [1.54, 1.807) is 31.2 Å². The van der Waals surface area contributed by atoms with E-state index in [4.69, 9.17) is 27.9 Å². The smallest absolute Gasteiger partial charge is 0.347 e. The van der Waals surface area contributed by atoms with E-state index in [2.05, 4.69) is 10.6 Å². The van der Waals surface area contributed by atoms with E-state index < -0.39 is 40.7 Å². The average molecular weight is 569 g/mol. The first kappa shape index (κ1) is 26.7. The summed E-state index contributed by atoms with van der Waals surface area (Å²) < 4.78 is 20.5. The number of carboxylic acid groups (broad SMARTS) is 1. The van der Waals surface area contributed by atoms with Crippen LogP contribution < -0.4 is 15.4 Å². The maximum atomic E-state index is 14.6. The van der Waals surface area contributed by atoms with Gasteiger partial charge in [0.15, 0.2) is 5.60 Å². The molecule has 39 heavy (non-hydrogen) atoms. The fourth-order valence-corrected chi connectivity index (χ4v) is 5.54. The van der Waals surface area contributed by atoms with Crippen LogP contribution in [-0.4, -0.2) is 28.5 Å². The van der Waals surface area contributed by atoms with Crippen LogP contribution in [0.1, 0.15) is 42.1 Å². The Morgan fingerprint density at radius 2 is 1.74 bits per heavy atom. The van der Waals surface area contributed by atoms with Crippen molar-refractivity contribution in [3.63, 3.8) is 0 Å². The number of ether oxygens (including phenoxy) is 1. The highest BCUT2D eigenvalue weighted by atomic mass is 35.5. The number of halogens is 3. The van der Waals surface area contributed by atoms with Crippen LogP contribution in [0.25, 0.3) is 5.57 Å². The molecule has 0 unspecified atom stereocenters. The van der Waals surface area contributed by atoms with Gasteiger partial charge < -0.3 is 20.5 Å². The number of rotatable bonds is 5. The van der Waals surface area contributed by atoms with Crippen molar-refractivity contribution in [2.45, 2.75) is 37.8 Å². The summed E-state index contributed by atoms with van der Waals surface area (Å²) in [6, 6.07) is 12.5. The second-order valence-electron chi connectivity index (χ2n) is 10.0. The molecule has 3 N–H and O–H groups in total. The first-order valence-corrected chi connectivity index (χ1v) is 12.7. The number of fused-ring (bicyclic) bond motifs is 2. The second-order valence-corrected chi connectivity index (χ2v) is 10.9. The number of aliphatic carboxylic acids is 1. The average Bonchev–Trinajstić information content (AvgIpc) is 3.14. The molecule has 2 amide bonds. The first-order chi connectivity index (χ1) is 18.3. The van der Waals surface area contributed by atoms with Gasteiger partial charge in [-0.3, -0.25) is 9.59 Å². The predicted molar refractivity (Wildman–Crippen MR) is 146 cm³/mol. The molecule has 0 saturated heterocycles. The molecule has 0 bridgehead atoms. The zero-order valence-electron chi connectivity index (χ0n) is 21.1. The molecule has 2 heterocycles. The first-order valence-electron chi connectivity index (χ1n) is 12.0. The lowest BCUT2D eigenvalue weighted by Gasteiger charge is -2.42. The lowest BCUT2D eigenvalue weighted by atomic mass is 9.63. The third-order valence-corrected chi connectivity index (χ3v) is 7.57. The summed E-state index contributed by atoms with van der Waals surface area (Å²) in [5.74, 6) is -2.70. The van der Waals surface area contributed by atoms with Gasteiger partial charge in [0.1, 0.15) is 17.0 Å². The molecule has 200 valence electrons. The van der Waals surface area contributed by atoms with E-state index in [-0.39, 0.29) is 21.9 Å². The third kappa shape index (κ3) is 4.33. The molecule has 0 radical (unpaired) electrons. The molecule has 2 aliphatic rings.